The van der Waals surface area contributed by atoms with Gasteiger partial charge in [-0.05, 0) is 13.2 Å². The molecule has 2 aromatic heterocycles. The summed E-state index contributed by atoms with van der Waals surface area (Å²) < 4.78 is 0. The number of aromatic nitrogens is 4. The molecule has 1 unspecified atom stereocenters. The van der Waals surface area contributed by atoms with Gasteiger partial charge in [0.05, 0.1) is 11.6 Å². The van der Waals surface area contributed by atoms with E-state index in [2.05, 4.69) is 43.7 Å². The Bertz CT molecular complexity index is 526. The molecular formula is C10H17N7S. The van der Waals surface area contributed by atoms with Crippen molar-refractivity contribution in [2.45, 2.75) is 13.0 Å². The number of thioether (sulfide) groups is 1. The maximum absolute atomic E-state index is 5.38. The maximum Gasteiger partial charge on any atom is 0.241 e. The number of fused-ring (bicyclic) bond motifs is 1. The summed E-state index contributed by atoms with van der Waals surface area (Å²) >= 11 is 1.80. The fourth-order valence-electron chi connectivity index (χ4n) is 1.71. The molecule has 98 valence electrons. The van der Waals surface area contributed by atoms with E-state index in [4.69, 9.17) is 5.84 Å². The summed E-state index contributed by atoms with van der Waals surface area (Å²) in [6.45, 7) is 2.15. The first-order chi connectivity index (χ1) is 8.67. The van der Waals surface area contributed by atoms with Gasteiger partial charge in [0.15, 0.2) is 5.65 Å². The van der Waals surface area contributed by atoms with E-state index in [1.807, 2.05) is 7.05 Å². The Balaban J connectivity index is 2.44. The average molecular weight is 267 g/mol. The van der Waals surface area contributed by atoms with Crippen LogP contribution in [0.1, 0.15) is 6.92 Å². The first-order valence-electron chi connectivity index (χ1n) is 5.57. The van der Waals surface area contributed by atoms with Gasteiger partial charge in [-0.2, -0.15) is 26.8 Å². The SMILES string of the molecule is CSCC(C)N(C)c1nc(NN)nc2[nH]ncc12. The lowest BCUT2D eigenvalue weighted by atomic mass is 10.3. The topological polar surface area (TPSA) is 95.8 Å². The van der Waals surface area contributed by atoms with Crippen LogP contribution in [-0.4, -0.2) is 45.3 Å². The second-order valence-corrected chi connectivity index (χ2v) is 4.97. The number of nitrogens with two attached hydrogens (primary N) is 1. The Labute approximate surface area is 110 Å². The van der Waals surface area contributed by atoms with Crippen molar-refractivity contribution in [1.29, 1.82) is 0 Å². The van der Waals surface area contributed by atoms with E-state index < -0.39 is 0 Å². The lowest BCUT2D eigenvalue weighted by Crippen LogP contribution is -2.32. The summed E-state index contributed by atoms with van der Waals surface area (Å²) in [5, 5.41) is 7.72. The summed E-state index contributed by atoms with van der Waals surface area (Å²) in [4.78, 5) is 10.7. The largest absolute Gasteiger partial charge is 0.355 e. The average Bonchev–Trinajstić information content (AvgIpc) is 2.84. The number of nitrogens with zero attached hydrogens (tertiary/aromatic N) is 4. The van der Waals surface area contributed by atoms with Crippen LogP contribution in [0.4, 0.5) is 11.8 Å². The van der Waals surface area contributed by atoms with Crippen molar-refractivity contribution in [3.05, 3.63) is 6.20 Å². The van der Waals surface area contributed by atoms with Crippen LogP contribution in [0.15, 0.2) is 6.20 Å². The fourth-order valence-corrected chi connectivity index (χ4v) is 2.42. The van der Waals surface area contributed by atoms with Gasteiger partial charge in [0.1, 0.15) is 5.82 Å². The van der Waals surface area contributed by atoms with Crippen LogP contribution in [0.25, 0.3) is 11.0 Å². The van der Waals surface area contributed by atoms with Crippen molar-refractivity contribution in [2.24, 2.45) is 5.84 Å². The van der Waals surface area contributed by atoms with Crippen molar-refractivity contribution in [1.82, 2.24) is 20.2 Å². The molecule has 2 rings (SSSR count). The summed E-state index contributed by atoms with van der Waals surface area (Å²) in [6, 6.07) is 0.360. The Kier molecular flexibility index (Phi) is 3.87. The molecule has 0 aromatic carbocycles. The molecular weight excluding hydrogens is 250 g/mol. The highest BCUT2D eigenvalue weighted by Gasteiger charge is 2.16. The van der Waals surface area contributed by atoms with Crippen molar-refractivity contribution in [2.75, 3.05) is 29.4 Å². The number of hydrogen-bond acceptors (Lipinski definition) is 7. The van der Waals surface area contributed by atoms with Gasteiger partial charge in [-0.3, -0.25) is 10.5 Å². The quantitative estimate of drug-likeness (QED) is 0.545. The van der Waals surface area contributed by atoms with Gasteiger partial charge in [-0.25, -0.2) is 5.84 Å². The normalized spacial score (nSPS) is 12.7. The number of hydrogen-bond donors (Lipinski definition) is 3. The Morgan fingerprint density at radius 2 is 2.33 bits per heavy atom. The Morgan fingerprint density at radius 1 is 1.56 bits per heavy atom. The molecule has 1 atom stereocenters. The zero-order valence-corrected chi connectivity index (χ0v) is 11.5. The highest BCUT2D eigenvalue weighted by molar-refractivity contribution is 7.98. The molecule has 2 aromatic rings. The monoisotopic (exact) mass is 267 g/mol. The number of H-pyrrole nitrogens is 1. The molecule has 7 nitrogen and oxygen atoms in total. The number of aromatic amines is 1. The molecule has 8 heteroatoms. The molecule has 0 spiro atoms. The second kappa shape index (κ2) is 5.40. The van der Waals surface area contributed by atoms with E-state index in [0.717, 1.165) is 17.0 Å². The molecule has 0 amide bonds. The van der Waals surface area contributed by atoms with Crippen LogP contribution >= 0.6 is 11.8 Å². The molecule has 0 aliphatic rings. The minimum atomic E-state index is 0.360. The predicted octanol–water partition coefficient (Wildman–Crippen LogP) is 0.826. The summed E-state index contributed by atoms with van der Waals surface area (Å²) in [7, 11) is 2.01. The summed E-state index contributed by atoms with van der Waals surface area (Å²) in [5.74, 6) is 7.60. The first-order valence-corrected chi connectivity index (χ1v) is 6.96. The fraction of sp³-hybridized carbons (Fsp3) is 0.500. The van der Waals surface area contributed by atoms with Crippen molar-refractivity contribution in [3.8, 4) is 0 Å². The van der Waals surface area contributed by atoms with E-state index in [0.29, 0.717) is 17.6 Å². The third-order valence-electron chi connectivity index (χ3n) is 2.82. The van der Waals surface area contributed by atoms with Crippen molar-refractivity contribution in [3.63, 3.8) is 0 Å². The lowest BCUT2D eigenvalue weighted by Gasteiger charge is -2.25. The zero-order chi connectivity index (χ0) is 13.1. The van der Waals surface area contributed by atoms with Crippen molar-refractivity contribution < 1.29 is 0 Å². The van der Waals surface area contributed by atoms with E-state index in [-0.39, 0.29) is 0 Å². The number of anilines is 2. The number of nitrogen functional groups attached to an aromatic ring is 1. The van der Waals surface area contributed by atoms with Gasteiger partial charge in [0, 0.05) is 18.8 Å². The van der Waals surface area contributed by atoms with Crippen LogP contribution in [0.3, 0.4) is 0 Å². The summed E-state index contributed by atoms with van der Waals surface area (Å²) in [6.07, 6.45) is 3.82. The standard InChI is InChI=1S/C10H17N7S/c1-6(5-18-3)17(2)9-7-4-12-16-8(7)13-10(14-9)15-11/h4,6H,5,11H2,1-3H3,(H2,12,13,14,15,16). The summed E-state index contributed by atoms with van der Waals surface area (Å²) in [5.41, 5.74) is 3.15. The third-order valence-corrected chi connectivity index (χ3v) is 3.64. The molecule has 18 heavy (non-hydrogen) atoms. The molecule has 0 fully saturated rings. The van der Waals surface area contributed by atoms with E-state index in [9.17, 15) is 0 Å². The van der Waals surface area contributed by atoms with Crippen LogP contribution in [-0.2, 0) is 0 Å². The van der Waals surface area contributed by atoms with E-state index in [1.54, 1.807) is 18.0 Å². The maximum atomic E-state index is 5.38. The number of hydrazine groups is 1. The lowest BCUT2D eigenvalue weighted by molar-refractivity contribution is 0.756. The number of rotatable bonds is 5. The minimum Gasteiger partial charge on any atom is -0.355 e. The Hall–Kier alpha value is -1.54. The molecule has 0 bridgehead atoms. The molecule has 0 saturated carbocycles. The van der Waals surface area contributed by atoms with Crippen LogP contribution in [0.2, 0.25) is 0 Å². The molecule has 0 radical (unpaired) electrons. The van der Waals surface area contributed by atoms with Crippen LogP contribution in [0.5, 0.6) is 0 Å². The van der Waals surface area contributed by atoms with Gasteiger partial charge < -0.3 is 4.90 Å². The zero-order valence-electron chi connectivity index (χ0n) is 10.6. The smallest absolute Gasteiger partial charge is 0.241 e. The van der Waals surface area contributed by atoms with Gasteiger partial charge in [0.25, 0.3) is 0 Å². The van der Waals surface area contributed by atoms with Gasteiger partial charge in [-0.1, -0.05) is 0 Å². The van der Waals surface area contributed by atoms with Gasteiger partial charge in [0.2, 0.25) is 5.95 Å². The molecule has 2 heterocycles. The van der Waals surface area contributed by atoms with Crippen LogP contribution < -0.4 is 16.2 Å². The van der Waals surface area contributed by atoms with Crippen molar-refractivity contribution >= 4 is 34.6 Å². The molecule has 0 aliphatic heterocycles. The Morgan fingerprint density at radius 3 is 3.00 bits per heavy atom. The predicted molar refractivity (Wildman–Crippen MR) is 75.7 cm³/mol. The molecule has 0 aliphatic carbocycles. The van der Waals surface area contributed by atoms with E-state index >= 15 is 0 Å². The second-order valence-electron chi connectivity index (χ2n) is 4.06. The highest BCUT2D eigenvalue weighted by Crippen LogP contribution is 2.24. The highest BCUT2D eigenvalue weighted by atomic mass is 32.2. The molecule has 0 saturated heterocycles. The van der Waals surface area contributed by atoms with Crippen LogP contribution in [0, 0.1) is 0 Å². The first kappa shape index (κ1) is 12.9. The third kappa shape index (κ3) is 2.34. The van der Waals surface area contributed by atoms with E-state index in [1.165, 1.54) is 0 Å². The van der Waals surface area contributed by atoms with Gasteiger partial charge in [-0.15, -0.1) is 0 Å². The van der Waals surface area contributed by atoms with Gasteiger partial charge >= 0.3 is 0 Å². The number of nitrogens with one attached hydrogen (secondary N) is 2. The minimum absolute atomic E-state index is 0.360. The molecule has 4 N–H and O–H groups in total.